The number of alkyl halides is 2. The van der Waals surface area contributed by atoms with Gasteiger partial charge in [-0.2, -0.15) is 5.26 Å². The molecular formula is C13H9F2NO4. The van der Waals surface area contributed by atoms with Gasteiger partial charge in [0.05, 0.1) is 6.61 Å². The number of fused-ring (bicyclic) bond motifs is 1. The summed E-state index contributed by atoms with van der Waals surface area (Å²) in [6.45, 7) is 1.69. The molecule has 20 heavy (non-hydrogen) atoms. The minimum absolute atomic E-state index is 0.0996. The summed E-state index contributed by atoms with van der Waals surface area (Å²) in [4.78, 5) is 11.5. The Morgan fingerprint density at radius 1 is 1.50 bits per heavy atom. The van der Waals surface area contributed by atoms with E-state index < -0.39 is 12.3 Å². The van der Waals surface area contributed by atoms with Crippen molar-refractivity contribution in [2.45, 2.75) is 13.2 Å². The molecule has 0 amide bonds. The highest BCUT2D eigenvalue weighted by molar-refractivity contribution is 5.98. The summed E-state index contributed by atoms with van der Waals surface area (Å²) in [7, 11) is 0. The van der Waals surface area contributed by atoms with Crippen LogP contribution in [0.15, 0.2) is 23.8 Å². The highest BCUT2D eigenvalue weighted by atomic mass is 19.3. The van der Waals surface area contributed by atoms with Gasteiger partial charge in [-0.05, 0) is 19.1 Å². The monoisotopic (exact) mass is 281 g/mol. The summed E-state index contributed by atoms with van der Waals surface area (Å²) in [5.74, 6) is -1.22. The van der Waals surface area contributed by atoms with Crippen LogP contribution in [0.4, 0.5) is 8.78 Å². The highest BCUT2D eigenvalue weighted by Gasteiger charge is 2.44. The van der Waals surface area contributed by atoms with E-state index in [0.29, 0.717) is 0 Å². The van der Waals surface area contributed by atoms with Crippen LogP contribution in [-0.2, 0) is 9.53 Å². The lowest BCUT2D eigenvalue weighted by molar-refractivity contribution is -0.286. The maximum absolute atomic E-state index is 13.0. The van der Waals surface area contributed by atoms with E-state index in [2.05, 4.69) is 14.2 Å². The van der Waals surface area contributed by atoms with E-state index in [1.807, 2.05) is 0 Å². The fraction of sp³-hybridized carbons (Fsp3) is 0.231. The van der Waals surface area contributed by atoms with Gasteiger partial charge in [0.2, 0.25) is 0 Å². The predicted molar refractivity (Wildman–Crippen MR) is 62.9 cm³/mol. The normalized spacial score (nSPS) is 15.6. The molecule has 2 rings (SSSR count). The number of hydrogen-bond donors (Lipinski definition) is 0. The smallest absolute Gasteiger partial charge is 0.462 e. The fourth-order valence-corrected chi connectivity index (χ4v) is 1.60. The molecule has 1 aromatic carbocycles. The summed E-state index contributed by atoms with van der Waals surface area (Å²) < 4.78 is 39.3. The zero-order chi connectivity index (χ0) is 14.8. The topological polar surface area (TPSA) is 68.6 Å². The molecule has 1 aliphatic rings. The van der Waals surface area contributed by atoms with E-state index >= 15 is 0 Å². The minimum Gasteiger partial charge on any atom is -0.462 e. The van der Waals surface area contributed by atoms with Crippen molar-refractivity contribution in [2.75, 3.05) is 6.61 Å². The molecule has 1 aromatic rings. The first-order valence-corrected chi connectivity index (χ1v) is 5.64. The number of benzene rings is 1. The molecule has 0 bridgehead atoms. The number of carbonyl (C=O) groups is 1. The highest BCUT2D eigenvalue weighted by Crippen LogP contribution is 2.43. The minimum atomic E-state index is -3.76. The lowest BCUT2D eigenvalue weighted by Crippen LogP contribution is -2.26. The molecule has 0 aliphatic carbocycles. The lowest BCUT2D eigenvalue weighted by atomic mass is 10.1. The third-order valence-corrected chi connectivity index (χ3v) is 2.37. The predicted octanol–water partition coefficient (Wildman–Crippen LogP) is 2.48. The van der Waals surface area contributed by atoms with E-state index in [9.17, 15) is 13.6 Å². The first-order chi connectivity index (χ1) is 9.46. The van der Waals surface area contributed by atoms with E-state index in [-0.39, 0.29) is 29.2 Å². The largest absolute Gasteiger partial charge is 0.586 e. The summed E-state index contributed by atoms with van der Waals surface area (Å²) in [5.41, 5.74) is -0.191. The quantitative estimate of drug-likeness (QED) is 0.483. The number of halogens is 2. The summed E-state index contributed by atoms with van der Waals surface area (Å²) >= 11 is 0. The second-order valence-electron chi connectivity index (χ2n) is 3.73. The Morgan fingerprint density at radius 3 is 2.90 bits per heavy atom. The number of carbonyl (C=O) groups excluding carboxylic acids is 1. The van der Waals surface area contributed by atoms with E-state index in [4.69, 9.17) is 5.26 Å². The molecule has 0 spiro atoms. The molecule has 104 valence electrons. The third kappa shape index (κ3) is 2.69. The number of hydrogen-bond acceptors (Lipinski definition) is 5. The van der Waals surface area contributed by atoms with Crippen LogP contribution in [0.5, 0.6) is 11.5 Å². The molecule has 0 unspecified atom stereocenters. The van der Waals surface area contributed by atoms with Crippen molar-refractivity contribution in [3.63, 3.8) is 0 Å². The van der Waals surface area contributed by atoms with Gasteiger partial charge in [-0.25, -0.2) is 4.79 Å². The number of nitrogens with zero attached hydrogens (tertiary/aromatic N) is 1. The average molecular weight is 281 g/mol. The molecule has 0 atom stereocenters. The lowest BCUT2D eigenvalue weighted by Gasteiger charge is -2.05. The summed E-state index contributed by atoms with van der Waals surface area (Å²) in [5, 5.41) is 8.90. The molecule has 1 aliphatic heterocycles. The number of esters is 1. The van der Waals surface area contributed by atoms with Crippen molar-refractivity contribution < 1.29 is 27.8 Å². The number of ether oxygens (including phenoxy) is 3. The van der Waals surface area contributed by atoms with E-state index in [1.54, 1.807) is 13.0 Å². The molecule has 0 radical (unpaired) electrons. The van der Waals surface area contributed by atoms with Gasteiger partial charge in [0.1, 0.15) is 11.6 Å². The maximum Gasteiger partial charge on any atom is 0.586 e. The molecule has 0 saturated heterocycles. The zero-order valence-corrected chi connectivity index (χ0v) is 10.4. The van der Waals surface area contributed by atoms with Gasteiger partial charge in [0.25, 0.3) is 0 Å². The Morgan fingerprint density at radius 2 is 2.25 bits per heavy atom. The van der Waals surface area contributed by atoms with Gasteiger partial charge in [-0.1, -0.05) is 12.1 Å². The second kappa shape index (κ2) is 5.17. The zero-order valence-electron chi connectivity index (χ0n) is 10.4. The van der Waals surface area contributed by atoms with Crippen molar-refractivity contribution in [3.8, 4) is 17.6 Å². The van der Waals surface area contributed by atoms with Crippen LogP contribution in [0.3, 0.4) is 0 Å². The molecule has 0 saturated carbocycles. The van der Waals surface area contributed by atoms with Crippen LogP contribution in [-0.4, -0.2) is 18.9 Å². The number of rotatable bonds is 3. The van der Waals surface area contributed by atoms with Crippen molar-refractivity contribution >= 4 is 12.0 Å². The molecular weight excluding hydrogens is 272 g/mol. The van der Waals surface area contributed by atoms with E-state index in [1.165, 1.54) is 18.2 Å². The Hall–Kier alpha value is -2.62. The van der Waals surface area contributed by atoms with Crippen LogP contribution >= 0.6 is 0 Å². The molecule has 1 heterocycles. The van der Waals surface area contributed by atoms with Gasteiger partial charge in [0.15, 0.2) is 11.5 Å². The van der Waals surface area contributed by atoms with E-state index in [0.717, 1.165) is 6.08 Å². The van der Waals surface area contributed by atoms with Crippen LogP contribution in [0.25, 0.3) is 6.08 Å². The van der Waals surface area contributed by atoms with Crippen LogP contribution in [0.2, 0.25) is 0 Å². The Kier molecular flexibility index (Phi) is 3.57. The standard InChI is InChI=1S/C13H9F2NO4/c1-2-18-12(17)9(7-16)6-8-4-3-5-10-11(8)20-13(14,15)19-10/h3-6H,2H2,1H3/b9-6+. The van der Waals surface area contributed by atoms with Crippen molar-refractivity contribution in [2.24, 2.45) is 0 Å². The average Bonchev–Trinajstić information content (AvgIpc) is 2.70. The van der Waals surface area contributed by atoms with Crippen molar-refractivity contribution in [1.29, 1.82) is 5.26 Å². The summed E-state index contributed by atoms with van der Waals surface area (Å²) in [6, 6.07) is 5.80. The first kappa shape index (κ1) is 13.8. The second-order valence-corrected chi connectivity index (χ2v) is 3.73. The van der Waals surface area contributed by atoms with Gasteiger partial charge in [-0.15, -0.1) is 8.78 Å². The van der Waals surface area contributed by atoms with Crippen molar-refractivity contribution in [3.05, 3.63) is 29.3 Å². The van der Waals surface area contributed by atoms with Crippen LogP contribution in [0, 0.1) is 11.3 Å². The maximum atomic E-state index is 13.0. The fourth-order valence-electron chi connectivity index (χ4n) is 1.60. The van der Waals surface area contributed by atoms with Gasteiger partial charge >= 0.3 is 12.3 Å². The SMILES string of the molecule is CCOC(=O)/C(C#N)=C/c1cccc2c1OC(F)(F)O2. The van der Waals surface area contributed by atoms with Gasteiger partial charge < -0.3 is 14.2 Å². The molecule has 5 nitrogen and oxygen atoms in total. The van der Waals surface area contributed by atoms with Gasteiger partial charge in [-0.3, -0.25) is 0 Å². The van der Waals surface area contributed by atoms with Gasteiger partial charge in [0, 0.05) is 5.56 Å². The first-order valence-electron chi connectivity index (χ1n) is 5.64. The Labute approximate surface area is 113 Å². The summed E-state index contributed by atoms with van der Waals surface area (Å²) in [6.07, 6.45) is -2.65. The molecule has 0 N–H and O–H groups in total. The number of para-hydroxylation sites is 1. The Bertz CT molecular complexity index is 619. The third-order valence-electron chi connectivity index (χ3n) is 2.37. The van der Waals surface area contributed by atoms with Crippen molar-refractivity contribution in [1.82, 2.24) is 0 Å². The molecule has 0 fully saturated rings. The molecule has 7 heteroatoms. The number of nitriles is 1. The molecule has 0 aromatic heterocycles. The van der Waals surface area contributed by atoms with Crippen LogP contribution in [0.1, 0.15) is 12.5 Å². The van der Waals surface area contributed by atoms with Crippen LogP contribution < -0.4 is 9.47 Å². The Balaban J connectivity index is 2.39.